The van der Waals surface area contributed by atoms with Crippen LogP contribution in [0, 0.1) is 0 Å². The van der Waals surface area contributed by atoms with Crippen LogP contribution in [0.3, 0.4) is 0 Å². The zero-order valence-electron chi connectivity index (χ0n) is 46.1. The van der Waals surface area contributed by atoms with Crippen LogP contribution in [0.15, 0.2) is 0 Å². The molecule has 0 aliphatic heterocycles. The summed E-state index contributed by atoms with van der Waals surface area (Å²) in [6.45, 7) is 3.82. The molecule has 0 aliphatic rings. The number of rotatable bonds is 59. The highest BCUT2D eigenvalue weighted by Crippen LogP contribution is 2.43. The molecular formula is C59H118NO8P. The first-order chi connectivity index (χ1) is 33.8. The molecule has 0 aromatic carbocycles. The molecule has 9 nitrogen and oxygen atoms in total. The van der Waals surface area contributed by atoms with E-state index in [4.69, 9.17) is 24.3 Å². The molecule has 10 heteroatoms. The van der Waals surface area contributed by atoms with E-state index in [1.54, 1.807) is 0 Å². The molecule has 0 heterocycles. The Morgan fingerprint density at radius 1 is 0.377 bits per heavy atom. The van der Waals surface area contributed by atoms with Gasteiger partial charge in [0.2, 0.25) is 0 Å². The van der Waals surface area contributed by atoms with E-state index in [2.05, 4.69) is 13.8 Å². The van der Waals surface area contributed by atoms with Gasteiger partial charge in [0.1, 0.15) is 6.61 Å². The molecule has 0 aromatic rings. The minimum absolute atomic E-state index is 0.0586. The Morgan fingerprint density at radius 2 is 0.623 bits per heavy atom. The number of hydrogen-bond acceptors (Lipinski definition) is 8. The monoisotopic (exact) mass is 1000 g/mol. The summed E-state index contributed by atoms with van der Waals surface area (Å²) in [5, 5.41) is 0. The third-order valence-electron chi connectivity index (χ3n) is 14.0. The first-order valence-corrected chi connectivity index (χ1v) is 32.0. The van der Waals surface area contributed by atoms with E-state index in [1.165, 1.54) is 270 Å². The first-order valence-electron chi connectivity index (χ1n) is 30.5. The van der Waals surface area contributed by atoms with Gasteiger partial charge in [-0.1, -0.05) is 309 Å². The molecule has 412 valence electrons. The van der Waals surface area contributed by atoms with Crippen LogP contribution in [0.1, 0.15) is 335 Å². The van der Waals surface area contributed by atoms with Crippen molar-refractivity contribution < 1.29 is 37.6 Å². The van der Waals surface area contributed by atoms with Gasteiger partial charge in [0.25, 0.3) is 0 Å². The van der Waals surface area contributed by atoms with E-state index >= 15 is 0 Å². The first kappa shape index (κ1) is 68.0. The fraction of sp³-hybridized carbons (Fsp3) is 0.966. The van der Waals surface area contributed by atoms with Crippen LogP contribution >= 0.6 is 7.82 Å². The predicted octanol–water partition coefficient (Wildman–Crippen LogP) is 19.1. The van der Waals surface area contributed by atoms with Crippen LogP contribution in [0.2, 0.25) is 0 Å². The van der Waals surface area contributed by atoms with Crippen LogP contribution in [-0.4, -0.2) is 49.3 Å². The Kier molecular flexibility index (Phi) is 55.5. The molecule has 0 spiro atoms. The van der Waals surface area contributed by atoms with Gasteiger partial charge in [0, 0.05) is 19.4 Å². The van der Waals surface area contributed by atoms with Crippen LogP contribution in [-0.2, 0) is 32.7 Å². The van der Waals surface area contributed by atoms with Gasteiger partial charge in [-0.25, -0.2) is 4.57 Å². The summed E-state index contributed by atoms with van der Waals surface area (Å²) >= 11 is 0. The van der Waals surface area contributed by atoms with Crippen LogP contribution in [0.5, 0.6) is 0 Å². The van der Waals surface area contributed by atoms with Crippen molar-refractivity contribution in [2.75, 3.05) is 26.4 Å². The number of phosphoric ester groups is 1. The molecule has 0 bridgehead atoms. The van der Waals surface area contributed by atoms with E-state index in [0.29, 0.717) is 6.42 Å². The summed E-state index contributed by atoms with van der Waals surface area (Å²) in [5.74, 6) is -0.803. The molecular weight excluding hydrogens is 882 g/mol. The highest BCUT2D eigenvalue weighted by molar-refractivity contribution is 7.47. The quantitative estimate of drug-likeness (QED) is 0.0347. The van der Waals surface area contributed by atoms with Gasteiger partial charge >= 0.3 is 19.8 Å². The molecule has 0 aromatic heterocycles. The Hall–Kier alpha value is -0.990. The van der Waals surface area contributed by atoms with Crippen molar-refractivity contribution in [3.63, 3.8) is 0 Å². The van der Waals surface area contributed by atoms with Crippen molar-refractivity contribution in [1.82, 2.24) is 0 Å². The third kappa shape index (κ3) is 56.2. The molecule has 0 saturated carbocycles. The number of phosphoric acid groups is 1. The van der Waals surface area contributed by atoms with Crippen molar-refractivity contribution in [3.05, 3.63) is 0 Å². The summed E-state index contributed by atoms with van der Waals surface area (Å²) in [6, 6.07) is 0. The summed E-state index contributed by atoms with van der Waals surface area (Å²) < 4.78 is 33.0. The molecule has 2 atom stereocenters. The zero-order chi connectivity index (χ0) is 50.2. The van der Waals surface area contributed by atoms with Gasteiger partial charge in [-0.05, 0) is 12.8 Å². The normalized spacial score (nSPS) is 12.9. The molecule has 2 unspecified atom stereocenters. The second kappa shape index (κ2) is 56.3. The third-order valence-corrected chi connectivity index (χ3v) is 15.0. The lowest BCUT2D eigenvalue weighted by atomic mass is 10.0. The average molecular weight is 1000 g/mol. The maximum Gasteiger partial charge on any atom is 0.472 e. The van der Waals surface area contributed by atoms with Gasteiger partial charge in [0.15, 0.2) is 6.10 Å². The average Bonchev–Trinajstić information content (AvgIpc) is 3.34. The highest BCUT2D eigenvalue weighted by atomic mass is 31.2. The summed E-state index contributed by atoms with van der Waals surface area (Å²) in [7, 11) is -4.38. The summed E-state index contributed by atoms with van der Waals surface area (Å²) in [6.07, 6.45) is 63.3. The van der Waals surface area contributed by atoms with Crippen molar-refractivity contribution in [3.8, 4) is 0 Å². The van der Waals surface area contributed by atoms with Crippen LogP contribution in [0.25, 0.3) is 0 Å². The molecule has 0 radical (unpaired) electrons. The Balaban J connectivity index is 3.80. The highest BCUT2D eigenvalue weighted by Gasteiger charge is 2.26. The number of hydrogen-bond donors (Lipinski definition) is 2. The molecule has 0 amide bonds. The van der Waals surface area contributed by atoms with E-state index in [-0.39, 0.29) is 38.6 Å². The number of nitrogens with two attached hydrogens (primary N) is 1. The van der Waals surface area contributed by atoms with Gasteiger partial charge in [-0.2, -0.15) is 0 Å². The predicted molar refractivity (Wildman–Crippen MR) is 294 cm³/mol. The molecule has 0 rings (SSSR count). The van der Waals surface area contributed by atoms with E-state index in [9.17, 15) is 19.0 Å². The fourth-order valence-corrected chi connectivity index (χ4v) is 10.2. The van der Waals surface area contributed by atoms with E-state index in [0.717, 1.165) is 32.1 Å². The topological polar surface area (TPSA) is 134 Å². The van der Waals surface area contributed by atoms with E-state index in [1.807, 2.05) is 0 Å². The van der Waals surface area contributed by atoms with Crippen molar-refractivity contribution >= 4 is 19.8 Å². The second-order valence-electron chi connectivity index (χ2n) is 20.9. The smallest absolute Gasteiger partial charge is 0.462 e. The molecule has 3 N–H and O–H groups in total. The summed E-state index contributed by atoms with van der Waals surface area (Å²) in [5.41, 5.74) is 5.38. The SMILES string of the molecule is CCCCCCCCCCCCCCCCCCCCCCCCCCCCCCCCCCC(=O)OC(COC(=O)CCCCCCCCCCCCCCCCCC)COP(=O)(O)OCCN. The zero-order valence-corrected chi connectivity index (χ0v) is 47.0. The van der Waals surface area contributed by atoms with Gasteiger partial charge in [0.05, 0.1) is 13.2 Å². The van der Waals surface area contributed by atoms with Crippen LogP contribution in [0.4, 0.5) is 0 Å². The van der Waals surface area contributed by atoms with E-state index < -0.39 is 26.5 Å². The number of unbranched alkanes of at least 4 members (excludes halogenated alkanes) is 46. The Labute approximate surface area is 428 Å². The largest absolute Gasteiger partial charge is 0.472 e. The standard InChI is InChI=1S/C59H118NO8P/c1-3-5-7-9-11-13-15-17-19-21-22-23-24-25-26-27-28-29-30-31-32-33-34-35-36-38-40-42-44-46-48-50-52-59(62)68-57(56-67-69(63,64)66-54-53-60)55-65-58(61)51-49-47-45-43-41-39-37-20-18-16-14-12-10-8-6-4-2/h57H,3-56,60H2,1-2H3,(H,63,64). The van der Waals surface area contributed by atoms with Crippen molar-refractivity contribution in [1.29, 1.82) is 0 Å². The molecule has 0 aliphatic carbocycles. The van der Waals surface area contributed by atoms with Gasteiger partial charge in [-0.15, -0.1) is 0 Å². The van der Waals surface area contributed by atoms with Gasteiger partial charge in [-0.3, -0.25) is 18.6 Å². The minimum atomic E-state index is -4.38. The molecule has 0 fully saturated rings. The second-order valence-corrected chi connectivity index (χ2v) is 22.4. The lowest BCUT2D eigenvalue weighted by molar-refractivity contribution is -0.161. The van der Waals surface area contributed by atoms with Gasteiger partial charge < -0.3 is 20.1 Å². The number of carbonyl (C=O) groups is 2. The Morgan fingerprint density at radius 3 is 0.884 bits per heavy atom. The Bertz CT molecular complexity index is 1090. The maximum atomic E-state index is 12.7. The maximum absolute atomic E-state index is 12.7. The molecule has 69 heavy (non-hydrogen) atoms. The lowest BCUT2D eigenvalue weighted by Gasteiger charge is -2.19. The number of ether oxygens (including phenoxy) is 2. The fourth-order valence-electron chi connectivity index (χ4n) is 9.46. The summed E-state index contributed by atoms with van der Waals surface area (Å²) in [4.78, 5) is 35.1. The number of esters is 2. The minimum Gasteiger partial charge on any atom is -0.462 e. The van der Waals surface area contributed by atoms with Crippen molar-refractivity contribution in [2.45, 2.75) is 341 Å². The lowest BCUT2D eigenvalue weighted by Crippen LogP contribution is -2.29. The van der Waals surface area contributed by atoms with Crippen LogP contribution < -0.4 is 5.73 Å². The molecule has 0 saturated heterocycles. The van der Waals surface area contributed by atoms with Crippen molar-refractivity contribution in [2.24, 2.45) is 5.73 Å². The number of carbonyl (C=O) groups excluding carboxylic acids is 2.